The quantitative estimate of drug-likeness (QED) is 0.227. The summed E-state index contributed by atoms with van der Waals surface area (Å²) >= 11 is 0. The third-order valence-electron chi connectivity index (χ3n) is 7.77. The minimum atomic E-state index is 0.349. The fraction of sp³-hybridized carbons (Fsp3) is 0.0833. The first-order chi connectivity index (χ1) is 18.3. The Balaban J connectivity index is 1.50. The van der Waals surface area contributed by atoms with E-state index in [1.165, 1.54) is 65.7 Å². The van der Waals surface area contributed by atoms with E-state index in [4.69, 9.17) is 0 Å². The third kappa shape index (κ3) is 3.67. The fourth-order valence-corrected chi connectivity index (χ4v) is 5.98. The Hall–Kier alpha value is -4.49. The smallest absolute Gasteiger partial charge is 0.0228 e. The SMILES string of the molecule is Cc1cc(C2C=NC=CC2)ccc1-c1c2ccccc2c(-c2ccc3ccccc3c2)c2ccccc12. The largest absolute Gasteiger partial charge is 0.269 e. The van der Waals surface area contributed by atoms with Crippen molar-refractivity contribution in [3.8, 4) is 22.3 Å². The molecule has 0 amide bonds. The van der Waals surface area contributed by atoms with Crippen molar-refractivity contribution in [3.63, 3.8) is 0 Å². The molecule has 1 aliphatic rings. The molecule has 1 heterocycles. The summed E-state index contributed by atoms with van der Waals surface area (Å²) in [7, 11) is 0. The second kappa shape index (κ2) is 8.87. The molecular weight excluding hydrogens is 446 g/mol. The normalized spacial score (nSPS) is 15.1. The molecule has 0 N–H and O–H groups in total. The first-order valence-electron chi connectivity index (χ1n) is 13.0. The molecule has 37 heavy (non-hydrogen) atoms. The molecule has 1 atom stereocenters. The number of hydrogen-bond acceptors (Lipinski definition) is 1. The van der Waals surface area contributed by atoms with Crippen LogP contribution in [-0.2, 0) is 0 Å². The van der Waals surface area contributed by atoms with Gasteiger partial charge >= 0.3 is 0 Å². The molecule has 7 rings (SSSR count). The van der Waals surface area contributed by atoms with Crippen molar-refractivity contribution in [1.29, 1.82) is 0 Å². The minimum Gasteiger partial charge on any atom is -0.269 e. The summed E-state index contributed by atoms with van der Waals surface area (Å²) in [6, 6.07) is 40.2. The zero-order valence-corrected chi connectivity index (χ0v) is 20.9. The van der Waals surface area contributed by atoms with Gasteiger partial charge in [-0.3, -0.25) is 4.99 Å². The van der Waals surface area contributed by atoms with Gasteiger partial charge in [0.05, 0.1) is 0 Å². The van der Waals surface area contributed by atoms with Crippen LogP contribution < -0.4 is 0 Å². The molecular formula is C36H27N. The van der Waals surface area contributed by atoms with E-state index >= 15 is 0 Å². The van der Waals surface area contributed by atoms with Crippen LogP contribution in [0.25, 0.3) is 54.6 Å². The van der Waals surface area contributed by atoms with Crippen molar-refractivity contribution >= 4 is 38.5 Å². The number of fused-ring (bicyclic) bond motifs is 3. The van der Waals surface area contributed by atoms with Gasteiger partial charge in [0.25, 0.3) is 0 Å². The first-order valence-corrected chi connectivity index (χ1v) is 13.0. The summed E-state index contributed by atoms with van der Waals surface area (Å²) in [5.74, 6) is 0.349. The fourth-order valence-electron chi connectivity index (χ4n) is 5.98. The number of nitrogens with zero attached hydrogens (tertiary/aromatic N) is 1. The van der Waals surface area contributed by atoms with Gasteiger partial charge in [-0.15, -0.1) is 0 Å². The molecule has 0 saturated carbocycles. The molecule has 6 aromatic carbocycles. The Morgan fingerprint density at radius 1 is 0.622 bits per heavy atom. The second-order valence-corrected chi connectivity index (χ2v) is 10.0. The van der Waals surface area contributed by atoms with Gasteiger partial charge in [-0.1, -0.05) is 109 Å². The Labute approximate surface area is 217 Å². The summed E-state index contributed by atoms with van der Waals surface area (Å²) in [5, 5.41) is 7.71. The zero-order valence-electron chi connectivity index (χ0n) is 20.9. The van der Waals surface area contributed by atoms with Crippen molar-refractivity contribution in [2.24, 2.45) is 4.99 Å². The van der Waals surface area contributed by atoms with E-state index in [0.29, 0.717) is 5.92 Å². The maximum Gasteiger partial charge on any atom is 0.0228 e. The lowest BCUT2D eigenvalue weighted by molar-refractivity contribution is 0.907. The van der Waals surface area contributed by atoms with Crippen LogP contribution in [0.4, 0.5) is 0 Å². The molecule has 0 fully saturated rings. The van der Waals surface area contributed by atoms with E-state index in [-0.39, 0.29) is 0 Å². The minimum absolute atomic E-state index is 0.349. The maximum absolute atomic E-state index is 4.38. The standard InChI is InChI=1S/C36H27N/c1-24-21-27(29-11-8-20-37-23-29)18-19-30(24)36-33-14-6-4-12-31(33)35(32-13-5-7-15-34(32)36)28-17-16-25-9-2-3-10-26(25)22-28/h2-10,12-23,29H,11H2,1H3. The van der Waals surface area contributed by atoms with Crippen LogP contribution in [0.2, 0.25) is 0 Å². The van der Waals surface area contributed by atoms with Crippen LogP contribution in [0, 0.1) is 6.92 Å². The van der Waals surface area contributed by atoms with Crippen LogP contribution in [0.15, 0.2) is 126 Å². The maximum atomic E-state index is 4.38. The van der Waals surface area contributed by atoms with Crippen molar-refractivity contribution in [2.45, 2.75) is 19.3 Å². The highest BCUT2D eigenvalue weighted by atomic mass is 14.7. The van der Waals surface area contributed by atoms with E-state index in [9.17, 15) is 0 Å². The lowest BCUT2D eigenvalue weighted by Gasteiger charge is -2.20. The molecule has 176 valence electrons. The first kappa shape index (κ1) is 21.8. The highest BCUT2D eigenvalue weighted by Crippen LogP contribution is 2.45. The molecule has 0 bridgehead atoms. The van der Waals surface area contributed by atoms with Crippen LogP contribution in [-0.4, -0.2) is 6.21 Å². The van der Waals surface area contributed by atoms with E-state index in [1.54, 1.807) is 0 Å². The predicted molar refractivity (Wildman–Crippen MR) is 160 cm³/mol. The third-order valence-corrected chi connectivity index (χ3v) is 7.77. The van der Waals surface area contributed by atoms with Gasteiger partial charge in [-0.05, 0) is 85.1 Å². The van der Waals surface area contributed by atoms with E-state index < -0.39 is 0 Å². The molecule has 0 aliphatic carbocycles. The number of benzene rings is 6. The second-order valence-electron chi connectivity index (χ2n) is 10.0. The summed E-state index contributed by atoms with van der Waals surface area (Å²) < 4.78 is 0. The molecule has 1 unspecified atom stereocenters. The topological polar surface area (TPSA) is 12.4 Å². The highest BCUT2D eigenvalue weighted by molar-refractivity contribution is 6.21. The van der Waals surface area contributed by atoms with Crippen LogP contribution in [0.3, 0.4) is 0 Å². The highest BCUT2D eigenvalue weighted by Gasteiger charge is 2.18. The van der Waals surface area contributed by atoms with Crippen molar-refractivity contribution < 1.29 is 0 Å². The van der Waals surface area contributed by atoms with Gasteiger partial charge in [0.15, 0.2) is 0 Å². The van der Waals surface area contributed by atoms with E-state index in [2.05, 4.69) is 133 Å². The lowest BCUT2D eigenvalue weighted by atomic mass is 9.83. The number of allylic oxidation sites excluding steroid dienone is 1. The molecule has 1 nitrogen and oxygen atoms in total. The Morgan fingerprint density at radius 2 is 1.27 bits per heavy atom. The summed E-state index contributed by atoms with van der Waals surface area (Å²) in [6.07, 6.45) is 7.12. The predicted octanol–water partition coefficient (Wildman–Crippen LogP) is 9.86. The van der Waals surface area contributed by atoms with Gasteiger partial charge in [-0.2, -0.15) is 0 Å². The van der Waals surface area contributed by atoms with Gasteiger partial charge in [0.1, 0.15) is 0 Å². The Kier molecular flexibility index (Phi) is 5.22. The summed E-state index contributed by atoms with van der Waals surface area (Å²) in [5.41, 5.74) is 7.81. The van der Waals surface area contributed by atoms with E-state index in [0.717, 1.165) is 6.42 Å². The van der Waals surface area contributed by atoms with Crippen LogP contribution in [0.1, 0.15) is 23.5 Å². The molecule has 6 aromatic rings. The molecule has 0 spiro atoms. The number of hydrogen-bond donors (Lipinski definition) is 0. The number of rotatable bonds is 3. The number of aryl methyl sites for hydroxylation is 1. The van der Waals surface area contributed by atoms with Crippen molar-refractivity contribution in [2.75, 3.05) is 0 Å². The summed E-state index contributed by atoms with van der Waals surface area (Å²) in [6.45, 7) is 2.25. The van der Waals surface area contributed by atoms with Gasteiger partial charge in [0, 0.05) is 18.3 Å². The van der Waals surface area contributed by atoms with Gasteiger partial charge in [0.2, 0.25) is 0 Å². The van der Waals surface area contributed by atoms with Crippen molar-refractivity contribution in [3.05, 3.63) is 133 Å². The van der Waals surface area contributed by atoms with E-state index in [1.807, 2.05) is 6.20 Å². The Morgan fingerprint density at radius 3 is 1.92 bits per heavy atom. The average Bonchev–Trinajstić information content (AvgIpc) is 2.96. The monoisotopic (exact) mass is 473 g/mol. The molecule has 1 heteroatoms. The molecule has 1 aliphatic heterocycles. The van der Waals surface area contributed by atoms with Crippen molar-refractivity contribution in [1.82, 2.24) is 0 Å². The van der Waals surface area contributed by atoms with Gasteiger partial charge in [-0.25, -0.2) is 0 Å². The number of aliphatic imine (C=N–C) groups is 1. The zero-order chi connectivity index (χ0) is 24.8. The molecule has 0 saturated heterocycles. The Bertz CT molecular complexity index is 1810. The molecule has 0 radical (unpaired) electrons. The average molecular weight is 474 g/mol. The molecule has 0 aromatic heterocycles. The van der Waals surface area contributed by atoms with Crippen LogP contribution >= 0.6 is 0 Å². The van der Waals surface area contributed by atoms with Crippen LogP contribution in [0.5, 0.6) is 0 Å². The van der Waals surface area contributed by atoms with Gasteiger partial charge < -0.3 is 0 Å². The lowest BCUT2D eigenvalue weighted by Crippen LogP contribution is -2.02. The summed E-state index contributed by atoms with van der Waals surface area (Å²) in [4.78, 5) is 4.38.